The number of carbonyl (C=O) groups is 1. The van der Waals surface area contributed by atoms with Gasteiger partial charge in [0.25, 0.3) is 0 Å². The van der Waals surface area contributed by atoms with E-state index < -0.39 is 0 Å². The van der Waals surface area contributed by atoms with E-state index in [4.69, 9.17) is 0 Å². The van der Waals surface area contributed by atoms with Gasteiger partial charge >= 0.3 is 0 Å². The number of benzene rings is 2. The summed E-state index contributed by atoms with van der Waals surface area (Å²) in [7, 11) is 0. The number of hydrogen-bond acceptors (Lipinski definition) is 3. The molecule has 1 amide bonds. The quantitative estimate of drug-likeness (QED) is 0.852. The Morgan fingerprint density at radius 3 is 2.48 bits per heavy atom. The first kappa shape index (κ1) is 17.9. The van der Waals surface area contributed by atoms with E-state index in [-0.39, 0.29) is 5.91 Å². The van der Waals surface area contributed by atoms with Crippen LogP contribution in [0.3, 0.4) is 0 Å². The van der Waals surface area contributed by atoms with Crippen molar-refractivity contribution in [3.05, 3.63) is 54.1 Å². The van der Waals surface area contributed by atoms with Crippen molar-refractivity contribution < 1.29 is 4.79 Å². The second kappa shape index (κ2) is 8.47. The number of anilines is 3. The van der Waals surface area contributed by atoms with E-state index in [0.717, 1.165) is 44.7 Å². The van der Waals surface area contributed by atoms with Gasteiger partial charge in [0.1, 0.15) is 0 Å². The predicted molar refractivity (Wildman–Crippen MR) is 113 cm³/mol. The molecule has 1 fully saturated rings. The maximum absolute atomic E-state index is 12.4. The molecule has 142 valence electrons. The summed E-state index contributed by atoms with van der Waals surface area (Å²) in [6, 6.07) is 16.9. The molecule has 0 atom stereocenters. The van der Waals surface area contributed by atoms with Gasteiger partial charge < -0.3 is 15.1 Å². The lowest BCUT2D eigenvalue weighted by Crippen LogP contribution is -2.32. The molecule has 0 spiro atoms. The third-order valence-corrected chi connectivity index (χ3v) is 5.69. The minimum absolute atomic E-state index is 0.0868. The fourth-order valence-electron chi connectivity index (χ4n) is 4.21. The number of carbonyl (C=O) groups excluding carboxylic acids is 1. The predicted octanol–water partition coefficient (Wildman–Crippen LogP) is 4.46. The first-order valence-corrected chi connectivity index (χ1v) is 10.3. The van der Waals surface area contributed by atoms with Crippen molar-refractivity contribution >= 4 is 23.0 Å². The fraction of sp³-hybridized carbons (Fsp3) is 0.435. The van der Waals surface area contributed by atoms with Crippen molar-refractivity contribution in [3.63, 3.8) is 0 Å². The molecule has 27 heavy (non-hydrogen) atoms. The standard InChI is InChI=1S/C23H29N3O/c27-23(14-18-26-17-6-8-19-7-2-3-9-22(19)26)24-20-10-12-21(13-11-20)25-15-4-1-5-16-25/h2-3,7,9-13H,1,4-6,8,14-18H2,(H,24,27). The Morgan fingerprint density at radius 1 is 0.889 bits per heavy atom. The highest BCUT2D eigenvalue weighted by Crippen LogP contribution is 2.27. The number of rotatable bonds is 5. The first-order valence-electron chi connectivity index (χ1n) is 10.3. The molecule has 2 aromatic rings. The van der Waals surface area contributed by atoms with Crippen LogP contribution in [-0.2, 0) is 11.2 Å². The minimum Gasteiger partial charge on any atom is -0.372 e. The topological polar surface area (TPSA) is 35.6 Å². The van der Waals surface area contributed by atoms with Gasteiger partial charge in [-0.15, -0.1) is 0 Å². The van der Waals surface area contributed by atoms with E-state index in [1.165, 1.54) is 36.2 Å². The van der Waals surface area contributed by atoms with E-state index in [9.17, 15) is 4.79 Å². The number of nitrogens with zero attached hydrogens (tertiary/aromatic N) is 2. The molecular formula is C23H29N3O. The highest BCUT2D eigenvalue weighted by atomic mass is 16.1. The Kier molecular flexibility index (Phi) is 5.61. The average Bonchev–Trinajstić information content (AvgIpc) is 2.73. The molecule has 0 saturated carbocycles. The second-order valence-electron chi connectivity index (χ2n) is 7.61. The van der Waals surface area contributed by atoms with Crippen LogP contribution < -0.4 is 15.1 Å². The van der Waals surface area contributed by atoms with Gasteiger partial charge in [-0.2, -0.15) is 0 Å². The molecule has 0 radical (unpaired) electrons. The van der Waals surface area contributed by atoms with E-state index >= 15 is 0 Å². The lowest BCUT2D eigenvalue weighted by atomic mass is 10.0. The number of amides is 1. The average molecular weight is 364 g/mol. The summed E-state index contributed by atoms with van der Waals surface area (Å²) in [5.41, 5.74) is 4.84. The molecule has 2 aromatic carbocycles. The number of nitrogens with one attached hydrogen (secondary N) is 1. The third-order valence-electron chi connectivity index (χ3n) is 5.69. The largest absolute Gasteiger partial charge is 0.372 e. The second-order valence-corrected chi connectivity index (χ2v) is 7.61. The van der Waals surface area contributed by atoms with Crippen molar-refractivity contribution in [2.45, 2.75) is 38.5 Å². The number of piperidine rings is 1. The Labute approximate surface area is 162 Å². The zero-order valence-corrected chi connectivity index (χ0v) is 16.0. The van der Waals surface area contributed by atoms with Crippen LogP contribution in [0.25, 0.3) is 0 Å². The Morgan fingerprint density at radius 2 is 1.67 bits per heavy atom. The van der Waals surface area contributed by atoms with Crippen LogP contribution in [0, 0.1) is 0 Å². The minimum atomic E-state index is 0.0868. The van der Waals surface area contributed by atoms with Crippen molar-refractivity contribution in [1.29, 1.82) is 0 Å². The van der Waals surface area contributed by atoms with Crippen LogP contribution in [0.4, 0.5) is 17.1 Å². The number of hydrogen-bond donors (Lipinski definition) is 1. The molecular weight excluding hydrogens is 334 g/mol. The summed E-state index contributed by atoms with van der Waals surface area (Å²) in [5.74, 6) is 0.0868. The maximum Gasteiger partial charge on any atom is 0.226 e. The van der Waals surface area contributed by atoms with E-state index in [2.05, 4.69) is 51.5 Å². The summed E-state index contributed by atoms with van der Waals surface area (Å²) < 4.78 is 0. The number of aryl methyl sites for hydroxylation is 1. The van der Waals surface area contributed by atoms with E-state index in [1.807, 2.05) is 12.1 Å². The fourth-order valence-corrected chi connectivity index (χ4v) is 4.21. The van der Waals surface area contributed by atoms with Crippen LogP contribution in [-0.4, -0.2) is 32.1 Å². The van der Waals surface area contributed by atoms with Gasteiger partial charge in [-0.1, -0.05) is 18.2 Å². The van der Waals surface area contributed by atoms with Gasteiger partial charge in [0.05, 0.1) is 0 Å². The molecule has 2 aliphatic rings. The Bertz CT molecular complexity index is 765. The maximum atomic E-state index is 12.4. The van der Waals surface area contributed by atoms with Gasteiger partial charge in [0.2, 0.25) is 5.91 Å². The summed E-state index contributed by atoms with van der Waals surface area (Å²) in [6.07, 6.45) is 6.71. The molecule has 1 saturated heterocycles. The normalized spacial score (nSPS) is 16.7. The summed E-state index contributed by atoms with van der Waals surface area (Å²) in [4.78, 5) is 17.2. The van der Waals surface area contributed by atoms with Crippen molar-refractivity contribution in [1.82, 2.24) is 0 Å². The van der Waals surface area contributed by atoms with Gasteiger partial charge in [-0.3, -0.25) is 4.79 Å². The highest BCUT2D eigenvalue weighted by Gasteiger charge is 2.17. The molecule has 0 aromatic heterocycles. The summed E-state index contributed by atoms with van der Waals surface area (Å²) in [6.45, 7) is 4.09. The number of fused-ring (bicyclic) bond motifs is 1. The monoisotopic (exact) mass is 363 g/mol. The Hall–Kier alpha value is -2.49. The molecule has 2 aliphatic heterocycles. The first-order chi connectivity index (χ1) is 13.3. The van der Waals surface area contributed by atoms with Crippen molar-refractivity contribution in [3.8, 4) is 0 Å². The SMILES string of the molecule is O=C(CCN1CCCc2ccccc21)Nc1ccc(N2CCCCC2)cc1. The molecule has 4 rings (SSSR count). The highest BCUT2D eigenvalue weighted by molar-refractivity contribution is 5.91. The molecule has 1 N–H and O–H groups in total. The molecule has 4 heteroatoms. The van der Waals surface area contributed by atoms with Gasteiger partial charge in [-0.25, -0.2) is 0 Å². The van der Waals surface area contributed by atoms with Crippen LogP contribution in [0.2, 0.25) is 0 Å². The van der Waals surface area contributed by atoms with Gasteiger partial charge in [-0.05, 0) is 68.0 Å². The molecule has 0 bridgehead atoms. The zero-order chi connectivity index (χ0) is 18.5. The third kappa shape index (κ3) is 4.44. The molecule has 0 aliphatic carbocycles. The van der Waals surface area contributed by atoms with Crippen LogP contribution >= 0.6 is 0 Å². The van der Waals surface area contributed by atoms with E-state index in [0.29, 0.717) is 6.42 Å². The van der Waals surface area contributed by atoms with Crippen molar-refractivity contribution in [2.24, 2.45) is 0 Å². The summed E-state index contributed by atoms with van der Waals surface area (Å²) in [5, 5.41) is 3.05. The smallest absolute Gasteiger partial charge is 0.226 e. The lowest BCUT2D eigenvalue weighted by Gasteiger charge is -2.31. The van der Waals surface area contributed by atoms with Crippen LogP contribution in [0.15, 0.2) is 48.5 Å². The van der Waals surface area contributed by atoms with Crippen molar-refractivity contribution in [2.75, 3.05) is 41.3 Å². The van der Waals surface area contributed by atoms with Gasteiger partial charge in [0.15, 0.2) is 0 Å². The molecule has 2 heterocycles. The summed E-state index contributed by atoms with van der Waals surface area (Å²) >= 11 is 0. The molecule has 4 nitrogen and oxygen atoms in total. The zero-order valence-electron chi connectivity index (χ0n) is 16.0. The lowest BCUT2D eigenvalue weighted by molar-refractivity contribution is -0.116. The molecule has 0 unspecified atom stereocenters. The van der Waals surface area contributed by atoms with Crippen LogP contribution in [0.1, 0.15) is 37.7 Å². The van der Waals surface area contributed by atoms with Gasteiger partial charge in [0, 0.05) is 49.7 Å². The van der Waals surface area contributed by atoms with Crippen LogP contribution in [0.5, 0.6) is 0 Å². The Balaban J connectivity index is 1.30. The van der Waals surface area contributed by atoms with E-state index in [1.54, 1.807) is 0 Å². The number of para-hydroxylation sites is 1.